The fourth-order valence-electron chi connectivity index (χ4n) is 3.87. The third kappa shape index (κ3) is 6.72. The summed E-state index contributed by atoms with van der Waals surface area (Å²) in [5.74, 6) is -1.13. The van der Waals surface area contributed by atoms with Crippen LogP contribution in [0, 0.1) is 6.92 Å². The zero-order valence-electron chi connectivity index (χ0n) is 21.0. The second-order valence-corrected chi connectivity index (χ2v) is 10.2. The van der Waals surface area contributed by atoms with Gasteiger partial charge >= 0.3 is 29.6 Å². The number of nitrogens with zero attached hydrogens (tertiary/aromatic N) is 2. The first-order valence-electron chi connectivity index (χ1n) is 11.2. The number of nitrogens with one attached hydrogen (secondary N) is 1. The molecule has 39 heavy (non-hydrogen) atoms. The molecule has 0 spiro atoms. The molecule has 0 aliphatic rings. The molecule has 0 saturated heterocycles. The molecule has 0 heterocycles. The summed E-state index contributed by atoms with van der Waals surface area (Å²) < 4.78 is 39.1. The molecule has 4 aromatic rings. The van der Waals surface area contributed by atoms with Crippen LogP contribution in [0.25, 0.3) is 10.8 Å². The Morgan fingerprint density at radius 1 is 1.08 bits per heavy atom. The molecule has 0 atom stereocenters. The van der Waals surface area contributed by atoms with Crippen molar-refractivity contribution >= 4 is 67.1 Å². The van der Waals surface area contributed by atoms with Gasteiger partial charge in [0.05, 0.1) is 18.0 Å². The molecule has 1 amide bonds. The normalized spacial score (nSPS) is 11.4. The summed E-state index contributed by atoms with van der Waals surface area (Å²) in [4.78, 5) is 12.7. The fraction of sp³-hybridized carbons (Fsp3) is 0.115. The van der Waals surface area contributed by atoms with Crippen molar-refractivity contribution in [1.82, 2.24) is 0 Å². The molecule has 4 aromatic carbocycles. The maximum Gasteiger partial charge on any atom is 1.00 e. The molecular weight excluding hydrogens is 576 g/mol. The van der Waals surface area contributed by atoms with Gasteiger partial charge in [-0.1, -0.05) is 59.3 Å². The summed E-state index contributed by atoms with van der Waals surface area (Å²) in [6.45, 7) is 3.59. The van der Waals surface area contributed by atoms with Gasteiger partial charge in [0, 0.05) is 16.0 Å². The van der Waals surface area contributed by atoms with Crippen LogP contribution < -0.4 is 44.7 Å². The Bertz CT molecular complexity index is 1710. The van der Waals surface area contributed by atoms with Gasteiger partial charge in [0.2, 0.25) is 0 Å². The van der Waals surface area contributed by atoms with Gasteiger partial charge in [-0.15, -0.1) is 5.11 Å². The standard InChI is InChI=1S/C26H21Cl2N3O6S.Na/c1-3-37-21-10-6-9-19(22(21)28)29-26(33)18-12-15-7-4-5-8-17(15)23(24(18)32)31-30-20-13-16(27)11-14(2)25(20)38(34,35)36;/h4-13,32H,3H2,1-2H3,(H,29,33)(H,34,35,36);/q;+1/p-1. The number of hydrogen-bond acceptors (Lipinski definition) is 7. The fourth-order valence-corrected chi connectivity index (χ4v) is 5.19. The van der Waals surface area contributed by atoms with Crippen LogP contribution in [-0.4, -0.2) is 25.5 Å². The summed E-state index contributed by atoms with van der Waals surface area (Å²) in [5.41, 5.74) is -0.338. The molecule has 4 rings (SSSR count). The van der Waals surface area contributed by atoms with Crippen LogP contribution in [0.3, 0.4) is 0 Å². The Kier molecular flexibility index (Phi) is 10.0. The zero-order valence-corrected chi connectivity index (χ0v) is 25.4. The van der Waals surface area contributed by atoms with Crippen LogP contribution in [0.4, 0.5) is 17.1 Å². The van der Waals surface area contributed by atoms with E-state index in [2.05, 4.69) is 15.5 Å². The average molecular weight is 596 g/mol. The van der Waals surface area contributed by atoms with Crippen LogP contribution in [0.1, 0.15) is 22.8 Å². The number of amides is 1. The van der Waals surface area contributed by atoms with Gasteiger partial charge in [-0.2, -0.15) is 13.5 Å². The first kappa shape index (κ1) is 30.8. The number of azo groups is 1. The van der Waals surface area contributed by atoms with Crippen molar-refractivity contribution in [2.24, 2.45) is 10.2 Å². The number of hydrogen-bond donors (Lipinski definition) is 2. The first-order chi connectivity index (χ1) is 18.0. The Hall–Kier alpha value is -2.70. The van der Waals surface area contributed by atoms with E-state index in [-0.39, 0.29) is 67.8 Å². The molecule has 0 unspecified atom stereocenters. The summed E-state index contributed by atoms with van der Waals surface area (Å²) in [7, 11) is -4.68. The maximum atomic E-state index is 13.4. The third-order valence-corrected chi connectivity index (χ3v) is 7.12. The van der Waals surface area contributed by atoms with Gasteiger partial charge in [0.15, 0.2) is 0 Å². The van der Waals surface area contributed by atoms with E-state index < -0.39 is 26.7 Å². The van der Waals surface area contributed by atoms with Crippen LogP contribution in [-0.2, 0) is 10.1 Å². The molecule has 0 aliphatic carbocycles. The number of ether oxygens (including phenoxy) is 1. The van der Waals surface area contributed by atoms with E-state index in [1.165, 1.54) is 25.1 Å². The van der Waals surface area contributed by atoms with Crippen LogP contribution in [0.15, 0.2) is 75.8 Å². The van der Waals surface area contributed by atoms with Crippen molar-refractivity contribution in [2.75, 3.05) is 11.9 Å². The van der Waals surface area contributed by atoms with E-state index in [0.717, 1.165) is 0 Å². The van der Waals surface area contributed by atoms with E-state index in [4.69, 9.17) is 27.9 Å². The molecule has 0 bridgehead atoms. The Balaban J connectivity index is 0.00000420. The Morgan fingerprint density at radius 2 is 1.79 bits per heavy atom. The number of aryl methyl sites for hydroxylation is 1. The summed E-state index contributed by atoms with van der Waals surface area (Å²) in [6, 6.07) is 15.5. The number of fused-ring (bicyclic) bond motifs is 1. The number of rotatable bonds is 7. The monoisotopic (exact) mass is 595 g/mol. The molecule has 0 fully saturated rings. The largest absolute Gasteiger partial charge is 1.00 e. The quantitative estimate of drug-likeness (QED) is 0.189. The van der Waals surface area contributed by atoms with Gasteiger partial charge in [0.1, 0.15) is 21.4 Å². The summed E-state index contributed by atoms with van der Waals surface area (Å²) in [6.07, 6.45) is 0. The summed E-state index contributed by atoms with van der Waals surface area (Å²) in [5, 5.41) is 25.2. The van der Waals surface area contributed by atoms with Gasteiger partial charge in [-0.25, -0.2) is 0 Å². The van der Waals surface area contributed by atoms with Gasteiger partial charge in [-0.05, 0) is 55.1 Å². The van der Waals surface area contributed by atoms with Crippen LogP contribution >= 0.6 is 23.2 Å². The van der Waals surface area contributed by atoms with E-state index >= 15 is 0 Å². The van der Waals surface area contributed by atoms with Gasteiger partial charge < -0.3 is 15.2 Å². The van der Waals surface area contributed by atoms with Gasteiger partial charge in [0.25, 0.3) is 16.0 Å². The average Bonchev–Trinajstić information content (AvgIpc) is 2.84. The van der Waals surface area contributed by atoms with E-state index in [1.807, 2.05) is 0 Å². The van der Waals surface area contributed by atoms with Crippen molar-refractivity contribution in [3.63, 3.8) is 0 Å². The molecule has 0 radical (unpaired) electrons. The molecule has 9 nitrogen and oxygen atoms in total. The molecule has 0 saturated carbocycles. The van der Waals surface area contributed by atoms with Crippen molar-refractivity contribution in [1.29, 1.82) is 0 Å². The van der Waals surface area contributed by atoms with Crippen molar-refractivity contribution < 1.29 is 57.2 Å². The molecule has 13 heteroatoms. The van der Waals surface area contributed by atoms with Crippen molar-refractivity contribution in [2.45, 2.75) is 18.7 Å². The van der Waals surface area contributed by atoms with E-state index in [0.29, 0.717) is 23.1 Å². The van der Waals surface area contributed by atoms with Crippen LogP contribution in [0.2, 0.25) is 10.0 Å². The number of benzene rings is 4. The molecule has 0 aliphatic heterocycles. The predicted molar refractivity (Wildman–Crippen MR) is 144 cm³/mol. The first-order valence-corrected chi connectivity index (χ1v) is 13.4. The Labute approximate surface area is 256 Å². The van der Waals surface area contributed by atoms with Crippen LogP contribution in [0.5, 0.6) is 11.5 Å². The molecule has 196 valence electrons. The number of anilines is 1. The number of carbonyl (C=O) groups is 1. The molecule has 0 aromatic heterocycles. The summed E-state index contributed by atoms with van der Waals surface area (Å²) >= 11 is 12.4. The van der Waals surface area contributed by atoms with E-state index in [9.17, 15) is 22.9 Å². The van der Waals surface area contributed by atoms with Crippen molar-refractivity contribution in [3.8, 4) is 11.5 Å². The SMILES string of the molecule is CCOc1cccc(NC(=O)c2cc3ccccc3c(N=Nc3cc(Cl)cc(C)c3S(=O)(=O)O)c2[O-])c1Cl.[Na+]. The Morgan fingerprint density at radius 3 is 2.49 bits per heavy atom. The van der Waals surface area contributed by atoms with Gasteiger partial charge in [-0.3, -0.25) is 9.35 Å². The third-order valence-electron chi connectivity index (χ3n) is 5.47. The molecule has 2 N–H and O–H groups in total. The van der Waals surface area contributed by atoms with E-state index in [1.54, 1.807) is 49.4 Å². The second kappa shape index (κ2) is 12.6. The number of halogens is 2. The zero-order chi connectivity index (χ0) is 27.6. The maximum absolute atomic E-state index is 13.4. The molecular formula is C26H20Cl2N3NaO6S. The predicted octanol–water partition coefficient (Wildman–Crippen LogP) is 3.85. The topological polar surface area (TPSA) is 140 Å². The minimum Gasteiger partial charge on any atom is -0.870 e. The minimum atomic E-state index is -4.68. The van der Waals surface area contributed by atoms with Crippen molar-refractivity contribution in [3.05, 3.63) is 81.8 Å². The smallest absolute Gasteiger partial charge is 0.870 e. The second-order valence-electron chi connectivity index (χ2n) is 8.07. The minimum absolute atomic E-state index is 0. The number of carbonyl (C=O) groups excluding carboxylic acids is 1.